The first-order valence-corrected chi connectivity index (χ1v) is 6.84. The molecule has 0 saturated carbocycles. The van der Waals surface area contributed by atoms with Crippen molar-refractivity contribution in [2.45, 2.75) is 26.4 Å². The summed E-state index contributed by atoms with van der Waals surface area (Å²) in [5.74, 6) is 1.02. The Kier molecular flexibility index (Phi) is 3.87. The number of rotatable bonds is 5. The van der Waals surface area contributed by atoms with Gasteiger partial charge in [0, 0.05) is 30.7 Å². The van der Waals surface area contributed by atoms with Gasteiger partial charge in [-0.25, -0.2) is 13.4 Å². The Balaban J connectivity index is 2.37. The highest BCUT2D eigenvalue weighted by atomic mass is 32.2. The summed E-state index contributed by atoms with van der Waals surface area (Å²) >= 11 is 0. The van der Waals surface area contributed by atoms with Crippen LogP contribution in [0.5, 0.6) is 0 Å². The summed E-state index contributed by atoms with van der Waals surface area (Å²) in [5.41, 5.74) is 0.966. The van der Waals surface area contributed by atoms with Gasteiger partial charge < -0.3 is 10.3 Å². The molecular formula is C9H17N3O2S. The summed E-state index contributed by atoms with van der Waals surface area (Å²) in [6.45, 7) is 4.34. The first-order valence-electron chi connectivity index (χ1n) is 4.78. The first-order chi connectivity index (χ1) is 6.87. The van der Waals surface area contributed by atoms with Crippen LogP contribution in [0.15, 0.2) is 6.20 Å². The highest BCUT2D eigenvalue weighted by molar-refractivity contribution is 7.90. The molecule has 1 aromatic heterocycles. The fourth-order valence-electron chi connectivity index (χ4n) is 1.36. The zero-order valence-corrected chi connectivity index (χ0v) is 10.1. The predicted molar refractivity (Wildman–Crippen MR) is 59.3 cm³/mol. The number of nitrogens with zero attached hydrogens (tertiary/aromatic N) is 1. The molecule has 2 N–H and O–H groups in total. The SMILES string of the molecule is Cc1ncc(CNC(C)CS(C)(=O)=O)[nH]1. The van der Waals surface area contributed by atoms with Crippen molar-refractivity contribution in [3.05, 3.63) is 17.7 Å². The predicted octanol–water partition coefficient (Wildman–Crippen LogP) is 0.241. The van der Waals surface area contributed by atoms with E-state index in [1.54, 1.807) is 6.20 Å². The van der Waals surface area contributed by atoms with Crippen LogP contribution in [0.2, 0.25) is 0 Å². The molecular weight excluding hydrogens is 214 g/mol. The quantitative estimate of drug-likeness (QED) is 0.761. The third kappa shape index (κ3) is 4.94. The largest absolute Gasteiger partial charge is 0.345 e. The van der Waals surface area contributed by atoms with Gasteiger partial charge in [-0.15, -0.1) is 0 Å². The Morgan fingerprint density at radius 1 is 1.60 bits per heavy atom. The number of imidazole rings is 1. The average Bonchev–Trinajstić information content (AvgIpc) is 2.45. The molecule has 5 nitrogen and oxygen atoms in total. The van der Waals surface area contributed by atoms with Crippen molar-refractivity contribution in [1.29, 1.82) is 0 Å². The van der Waals surface area contributed by atoms with Crippen LogP contribution < -0.4 is 5.32 Å². The second-order valence-electron chi connectivity index (χ2n) is 3.87. The van der Waals surface area contributed by atoms with Gasteiger partial charge in [0.1, 0.15) is 15.7 Å². The standard InChI is InChI=1S/C9H17N3O2S/c1-7(6-15(3,13)14)10-4-9-5-11-8(2)12-9/h5,7,10H,4,6H2,1-3H3,(H,11,12). The van der Waals surface area contributed by atoms with E-state index in [0.29, 0.717) is 6.54 Å². The van der Waals surface area contributed by atoms with Crippen LogP contribution in [0, 0.1) is 6.92 Å². The third-order valence-corrected chi connectivity index (χ3v) is 3.05. The molecule has 1 aromatic rings. The highest BCUT2D eigenvalue weighted by Crippen LogP contribution is 1.97. The summed E-state index contributed by atoms with van der Waals surface area (Å²) < 4.78 is 22.0. The van der Waals surface area contributed by atoms with Gasteiger partial charge in [0.15, 0.2) is 0 Å². The van der Waals surface area contributed by atoms with Crippen molar-refractivity contribution >= 4 is 9.84 Å². The molecule has 0 spiro atoms. The molecule has 1 unspecified atom stereocenters. The molecule has 15 heavy (non-hydrogen) atoms. The zero-order valence-electron chi connectivity index (χ0n) is 9.24. The van der Waals surface area contributed by atoms with E-state index >= 15 is 0 Å². The second kappa shape index (κ2) is 4.76. The maximum absolute atomic E-state index is 11.0. The minimum atomic E-state index is -2.91. The molecule has 0 aliphatic rings. The lowest BCUT2D eigenvalue weighted by Crippen LogP contribution is -2.32. The molecule has 0 bridgehead atoms. The molecule has 0 amide bonds. The number of aryl methyl sites for hydroxylation is 1. The lowest BCUT2D eigenvalue weighted by atomic mass is 10.3. The van der Waals surface area contributed by atoms with Crippen molar-refractivity contribution in [1.82, 2.24) is 15.3 Å². The summed E-state index contributed by atoms with van der Waals surface area (Å²) in [6.07, 6.45) is 2.99. The lowest BCUT2D eigenvalue weighted by Gasteiger charge is -2.11. The molecule has 0 saturated heterocycles. The van der Waals surface area contributed by atoms with Crippen molar-refractivity contribution in [3.8, 4) is 0 Å². The van der Waals surface area contributed by atoms with E-state index in [2.05, 4.69) is 15.3 Å². The van der Waals surface area contributed by atoms with Crippen LogP contribution in [-0.4, -0.2) is 36.4 Å². The van der Waals surface area contributed by atoms with Crippen LogP contribution >= 0.6 is 0 Å². The van der Waals surface area contributed by atoms with Gasteiger partial charge >= 0.3 is 0 Å². The lowest BCUT2D eigenvalue weighted by molar-refractivity contribution is 0.557. The monoisotopic (exact) mass is 231 g/mol. The molecule has 0 aliphatic carbocycles. The van der Waals surface area contributed by atoms with Gasteiger partial charge in [-0.05, 0) is 13.8 Å². The van der Waals surface area contributed by atoms with Crippen LogP contribution in [0.1, 0.15) is 18.4 Å². The fourth-order valence-corrected chi connectivity index (χ4v) is 2.38. The Labute approximate surface area is 90.2 Å². The molecule has 0 radical (unpaired) electrons. The van der Waals surface area contributed by atoms with E-state index in [9.17, 15) is 8.42 Å². The number of aromatic amines is 1. The Bertz CT molecular complexity index is 411. The number of nitrogens with one attached hydrogen (secondary N) is 2. The van der Waals surface area contributed by atoms with E-state index in [1.165, 1.54) is 6.26 Å². The van der Waals surface area contributed by atoms with Crippen LogP contribution in [-0.2, 0) is 16.4 Å². The molecule has 1 rings (SSSR count). The minimum absolute atomic E-state index is 0.0522. The van der Waals surface area contributed by atoms with Crippen molar-refractivity contribution in [3.63, 3.8) is 0 Å². The Morgan fingerprint density at radius 3 is 2.73 bits per heavy atom. The molecule has 86 valence electrons. The summed E-state index contributed by atoms with van der Waals surface area (Å²) in [5, 5.41) is 3.12. The minimum Gasteiger partial charge on any atom is -0.345 e. The summed E-state index contributed by atoms with van der Waals surface area (Å²) in [4.78, 5) is 7.13. The molecule has 1 heterocycles. The molecule has 1 atom stereocenters. The van der Waals surface area contributed by atoms with E-state index in [4.69, 9.17) is 0 Å². The number of sulfone groups is 1. The summed E-state index contributed by atoms with van der Waals surface area (Å²) in [6, 6.07) is -0.0522. The van der Waals surface area contributed by atoms with Gasteiger partial charge in [-0.2, -0.15) is 0 Å². The molecule has 0 fully saturated rings. The average molecular weight is 231 g/mol. The van der Waals surface area contributed by atoms with E-state index in [1.807, 2.05) is 13.8 Å². The summed E-state index contributed by atoms with van der Waals surface area (Å²) in [7, 11) is -2.91. The van der Waals surface area contributed by atoms with Crippen molar-refractivity contribution < 1.29 is 8.42 Å². The van der Waals surface area contributed by atoms with Gasteiger partial charge in [0.25, 0.3) is 0 Å². The zero-order chi connectivity index (χ0) is 11.5. The number of aromatic nitrogens is 2. The van der Waals surface area contributed by atoms with Gasteiger partial charge in [-0.3, -0.25) is 0 Å². The molecule has 6 heteroatoms. The maximum atomic E-state index is 11.0. The van der Waals surface area contributed by atoms with Gasteiger partial charge in [-0.1, -0.05) is 0 Å². The number of hydrogen-bond acceptors (Lipinski definition) is 4. The molecule has 0 aliphatic heterocycles. The van der Waals surface area contributed by atoms with Gasteiger partial charge in [0.05, 0.1) is 5.75 Å². The van der Waals surface area contributed by atoms with Crippen LogP contribution in [0.3, 0.4) is 0 Å². The Hall–Kier alpha value is -0.880. The smallest absolute Gasteiger partial charge is 0.148 e. The van der Waals surface area contributed by atoms with Crippen molar-refractivity contribution in [2.24, 2.45) is 0 Å². The fraction of sp³-hybridized carbons (Fsp3) is 0.667. The van der Waals surface area contributed by atoms with E-state index in [0.717, 1.165) is 11.5 Å². The van der Waals surface area contributed by atoms with E-state index < -0.39 is 9.84 Å². The van der Waals surface area contributed by atoms with Crippen LogP contribution in [0.25, 0.3) is 0 Å². The number of H-pyrrole nitrogens is 1. The van der Waals surface area contributed by atoms with Crippen molar-refractivity contribution in [2.75, 3.05) is 12.0 Å². The normalized spacial score (nSPS) is 14.1. The topological polar surface area (TPSA) is 74.8 Å². The first kappa shape index (κ1) is 12.2. The van der Waals surface area contributed by atoms with E-state index in [-0.39, 0.29) is 11.8 Å². The van der Waals surface area contributed by atoms with Gasteiger partial charge in [0.2, 0.25) is 0 Å². The Morgan fingerprint density at radius 2 is 2.27 bits per heavy atom. The third-order valence-electron chi connectivity index (χ3n) is 1.95. The molecule has 0 aromatic carbocycles. The highest BCUT2D eigenvalue weighted by Gasteiger charge is 2.09. The number of hydrogen-bond donors (Lipinski definition) is 2. The maximum Gasteiger partial charge on any atom is 0.148 e. The van der Waals surface area contributed by atoms with Crippen LogP contribution in [0.4, 0.5) is 0 Å². The second-order valence-corrected chi connectivity index (χ2v) is 6.05.